The predicted molar refractivity (Wildman–Crippen MR) is 42.0 cm³/mol. The first-order valence-electron chi connectivity index (χ1n) is 2.57. The van der Waals surface area contributed by atoms with Crippen LogP contribution in [-0.4, -0.2) is 19.9 Å². The molecule has 2 heterocycles. The molecule has 0 radical (unpaired) electrons. The van der Waals surface area contributed by atoms with Gasteiger partial charge in [0.2, 0.25) is 0 Å². The molecule has 2 aromatic heterocycles. The zero-order chi connectivity index (χ0) is 6.10. The number of hydrogen-bond acceptors (Lipinski definition) is 3. The number of nitrogens with zero attached hydrogens (tertiary/aromatic N) is 3. The van der Waals surface area contributed by atoms with Gasteiger partial charge in [0.05, 0.1) is 6.33 Å². The fourth-order valence-corrected chi connectivity index (χ4v) is 0.682. The van der Waals surface area contributed by atoms with Crippen molar-refractivity contribution in [2.75, 3.05) is 0 Å². The SMILES string of the molecule is Br.c1cnc2[nH]cnc2n1. The Morgan fingerprint density at radius 2 is 1.90 bits per heavy atom. The van der Waals surface area contributed by atoms with Crippen LogP contribution in [0, 0.1) is 0 Å². The van der Waals surface area contributed by atoms with Crippen LogP contribution in [-0.2, 0) is 0 Å². The standard InChI is InChI=1S/C5H4N4.BrH/c1-2-7-5-4(6-1)8-3-9-5;/h1-3H,(H,6,7,8,9);1H. The average molecular weight is 201 g/mol. The lowest BCUT2D eigenvalue weighted by atomic mass is 10.7. The molecule has 10 heavy (non-hydrogen) atoms. The maximum absolute atomic E-state index is 3.96. The van der Waals surface area contributed by atoms with E-state index < -0.39 is 0 Å². The first-order chi connectivity index (χ1) is 4.47. The summed E-state index contributed by atoms with van der Waals surface area (Å²) in [5, 5.41) is 0. The van der Waals surface area contributed by atoms with Crippen molar-refractivity contribution < 1.29 is 0 Å². The Hall–Kier alpha value is -0.970. The second-order valence-electron chi connectivity index (χ2n) is 1.63. The van der Waals surface area contributed by atoms with Crippen LogP contribution in [0.1, 0.15) is 0 Å². The van der Waals surface area contributed by atoms with Crippen LogP contribution in [0.5, 0.6) is 0 Å². The normalized spacial score (nSPS) is 9.20. The smallest absolute Gasteiger partial charge is 0.197 e. The lowest BCUT2D eigenvalue weighted by Crippen LogP contribution is -1.77. The van der Waals surface area contributed by atoms with E-state index in [1.807, 2.05) is 0 Å². The number of rotatable bonds is 0. The van der Waals surface area contributed by atoms with Gasteiger partial charge in [-0.1, -0.05) is 0 Å². The van der Waals surface area contributed by atoms with E-state index in [4.69, 9.17) is 0 Å². The van der Waals surface area contributed by atoms with Crippen LogP contribution in [0.3, 0.4) is 0 Å². The van der Waals surface area contributed by atoms with E-state index in [1.54, 1.807) is 18.7 Å². The van der Waals surface area contributed by atoms with Gasteiger partial charge in [0, 0.05) is 12.4 Å². The maximum atomic E-state index is 3.96. The van der Waals surface area contributed by atoms with Crippen molar-refractivity contribution >= 4 is 28.3 Å². The van der Waals surface area contributed by atoms with E-state index in [0.717, 1.165) is 5.65 Å². The molecule has 0 aromatic carbocycles. The van der Waals surface area contributed by atoms with E-state index in [0.29, 0.717) is 5.65 Å². The molecule has 0 spiro atoms. The van der Waals surface area contributed by atoms with E-state index in [1.165, 1.54) is 0 Å². The number of halogens is 1. The van der Waals surface area contributed by atoms with Crippen LogP contribution in [0.25, 0.3) is 11.3 Å². The van der Waals surface area contributed by atoms with Crippen molar-refractivity contribution in [1.29, 1.82) is 0 Å². The topological polar surface area (TPSA) is 54.5 Å². The molecule has 0 bridgehead atoms. The zero-order valence-corrected chi connectivity index (χ0v) is 6.70. The lowest BCUT2D eigenvalue weighted by molar-refractivity contribution is 1.26. The Labute approximate surface area is 67.5 Å². The van der Waals surface area contributed by atoms with Crippen LogP contribution in [0.15, 0.2) is 18.7 Å². The number of imidazole rings is 1. The van der Waals surface area contributed by atoms with Gasteiger partial charge in [-0.05, 0) is 0 Å². The molecule has 4 nitrogen and oxygen atoms in total. The first-order valence-corrected chi connectivity index (χ1v) is 2.57. The Bertz CT molecular complexity index is 288. The van der Waals surface area contributed by atoms with E-state index in [-0.39, 0.29) is 17.0 Å². The number of hydrogen-bond donors (Lipinski definition) is 1. The van der Waals surface area contributed by atoms with Gasteiger partial charge in [0.15, 0.2) is 11.3 Å². The van der Waals surface area contributed by atoms with Gasteiger partial charge < -0.3 is 4.98 Å². The highest BCUT2D eigenvalue weighted by Crippen LogP contribution is 1.96. The third-order valence-electron chi connectivity index (χ3n) is 1.07. The molecule has 52 valence electrons. The summed E-state index contributed by atoms with van der Waals surface area (Å²) in [5.74, 6) is 0. The highest BCUT2D eigenvalue weighted by atomic mass is 79.9. The van der Waals surface area contributed by atoms with E-state index >= 15 is 0 Å². The van der Waals surface area contributed by atoms with Crippen LogP contribution in [0.2, 0.25) is 0 Å². The minimum Gasteiger partial charge on any atom is -0.328 e. The third kappa shape index (κ3) is 0.995. The second-order valence-corrected chi connectivity index (χ2v) is 1.63. The van der Waals surface area contributed by atoms with Gasteiger partial charge in [-0.2, -0.15) is 0 Å². The number of nitrogens with one attached hydrogen (secondary N) is 1. The van der Waals surface area contributed by atoms with Crippen LogP contribution >= 0.6 is 17.0 Å². The van der Waals surface area contributed by atoms with Gasteiger partial charge in [-0.25, -0.2) is 15.0 Å². The summed E-state index contributed by atoms with van der Waals surface area (Å²) in [7, 11) is 0. The van der Waals surface area contributed by atoms with Crippen molar-refractivity contribution in [1.82, 2.24) is 19.9 Å². The molecule has 0 fully saturated rings. The first kappa shape index (κ1) is 7.14. The monoisotopic (exact) mass is 200 g/mol. The Morgan fingerprint density at radius 3 is 2.70 bits per heavy atom. The number of fused-ring (bicyclic) bond motifs is 1. The lowest BCUT2D eigenvalue weighted by Gasteiger charge is -1.80. The van der Waals surface area contributed by atoms with Crippen molar-refractivity contribution in [3.8, 4) is 0 Å². The number of H-pyrrole nitrogens is 1. The van der Waals surface area contributed by atoms with E-state index in [9.17, 15) is 0 Å². The number of aromatic amines is 1. The second kappa shape index (κ2) is 2.74. The van der Waals surface area contributed by atoms with Crippen molar-refractivity contribution in [3.63, 3.8) is 0 Å². The molecule has 0 aliphatic rings. The minimum absolute atomic E-state index is 0. The fraction of sp³-hybridized carbons (Fsp3) is 0. The van der Waals surface area contributed by atoms with Crippen molar-refractivity contribution in [2.24, 2.45) is 0 Å². The Balaban J connectivity index is 0.000000500. The molecule has 0 unspecified atom stereocenters. The average Bonchev–Trinajstić information content (AvgIpc) is 2.33. The minimum atomic E-state index is 0. The molecule has 2 rings (SSSR count). The van der Waals surface area contributed by atoms with E-state index in [2.05, 4.69) is 19.9 Å². The molecule has 0 aliphatic heterocycles. The van der Waals surface area contributed by atoms with Crippen LogP contribution < -0.4 is 0 Å². The molecule has 0 atom stereocenters. The predicted octanol–water partition coefficient (Wildman–Crippen LogP) is 0.931. The summed E-state index contributed by atoms with van der Waals surface area (Å²) < 4.78 is 0. The quantitative estimate of drug-likeness (QED) is 0.689. The molecule has 0 amide bonds. The molecule has 0 aliphatic carbocycles. The van der Waals surface area contributed by atoms with Gasteiger partial charge in [0.25, 0.3) is 0 Å². The highest BCUT2D eigenvalue weighted by Gasteiger charge is 1.91. The van der Waals surface area contributed by atoms with Crippen LogP contribution in [0.4, 0.5) is 0 Å². The summed E-state index contributed by atoms with van der Waals surface area (Å²) >= 11 is 0. The van der Waals surface area contributed by atoms with Gasteiger partial charge in [0.1, 0.15) is 0 Å². The largest absolute Gasteiger partial charge is 0.328 e. The molecule has 0 saturated carbocycles. The highest BCUT2D eigenvalue weighted by molar-refractivity contribution is 8.93. The molecule has 0 saturated heterocycles. The summed E-state index contributed by atoms with van der Waals surface area (Å²) in [6.45, 7) is 0. The molecular weight excluding hydrogens is 196 g/mol. The summed E-state index contributed by atoms with van der Waals surface area (Å²) in [4.78, 5) is 14.6. The number of aromatic nitrogens is 4. The molecule has 5 heteroatoms. The third-order valence-corrected chi connectivity index (χ3v) is 1.07. The molecular formula is C5H5BrN4. The Morgan fingerprint density at radius 1 is 1.10 bits per heavy atom. The zero-order valence-electron chi connectivity index (χ0n) is 4.98. The van der Waals surface area contributed by atoms with Gasteiger partial charge in [-0.15, -0.1) is 17.0 Å². The summed E-state index contributed by atoms with van der Waals surface area (Å²) in [5.41, 5.74) is 1.40. The summed E-state index contributed by atoms with van der Waals surface area (Å²) in [6.07, 6.45) is 4.81. The Kier molecular flexibility index (Phi) is 1.96. The van der Waals surface area contributed by atoms with Gasteiger partial charge in [-0.3, -0.25) is 0 Å². The van der Waals surface area contributed by atoms with Gasteiger partial charge >= 0.3 is 0 Å². The maximum Gasteiger partial charge on any atom is 0.197 e. The van der Waals surface area contributed by atoms with Crippen molar-refractivity contribution in [3.05, 3.63) is 18.7 Å². The fourth-order valence-electron chi connectivity index (χ4n) is 0.682. The molecule has 1 N–H and O–H groups in total. The molecule has 2 aromatic rings. The van der Waals surface area contributed by atoms with Crippen molar-refractivity contribution in [2.45, 2.75) is 0 Å². The summed E-state index contributed by atoms with van der Waals surface area (Å²) in [6, 6.07) is 0.